The van der Waals surface area contributed by atoms with Crippen molar-refractivity contribution in [2.24, 2.45) is 4.99 Å². The Hall–Kier alpha value is -4.17. The Labute approximate surface area is 217 Å². The lowest BCUT2D eigenvalue weighted by Gasteiger charge is -2.23. The SMILES string of the molecule is CCOc1ccc([C@H]2C(C(=O)OC)=CN=c3s/c(=C/c4cccc5ccccc45)c(=O)n32)cc1OCC. The first-order valence-corrected chi connectivity index (χ1v) is 12.8. The third kappa shape index (κ3) is 4.56. The smallest absolute Gasteiger partial charge is 0.337 e. The Morgan fingerprint density at radius 1 is 1.03 bits per heavy atom. The summed E-state index contributed by atoms with van der Waals surface area (Å²) in [5.74, 6) is 0.588. The summed E-state index contributed by atoms with van der Waals surface area (Å²) in [5, 5.41) is 2.14. The molecule has 8 heteroatoms. The van der Waals surface area contributed by atoms with Crippen LogP contribution in [-0.2, 0) is 9.53 Å². The van der Waals surface area contributed by atoms with Crippen LogP contribution in [0.4, 0.5) is 0 Å². The van der Waals surface area contributed by atoms with E-state index in [2.05, 4.69) is 4.99 Å². The zero-order chi connectivity index (χ0) is 25.9. The molecule has 4 aromatic rings. The van der Waals surface area contributed by atoms with Crippen molar-refractivity contribution in [1.29, 1.82) is 0 Å². The lowest BCUT2D eigenvalue weighted by Crippen LogP contribution is -2.39. The second kappa shape index (κ2) is 10.4. The topological polar surface area (TPSA) is 79.1 Å². The summed E-state index contributed by atoms with van der Waals surface area (Å²) in [4.78, 5) is 31.5. The molecule has 1 aliphatic heterocycles. The Morgan fingerprint density at radius 2 is 1.78 bits per heavy atom. The first kappa shape index (κ1) is 24.5. The molecule has 0 spiro atoms. The van der Waals surface area contributed by atoms with E-state index in [9.17, 15) is 9.59 Å². The van der Waals surface area contributed by atoms with E-state index in [-0.39, 0.29) is 11.1 Å². The summed E-state index contributed by atoms with van der Waals surface area (Å²) in [7, 11) is 1.32. The molecule has 37 heavy (non-hydrogen) atoms. The van der Waals surface area contributed by atoms with E-state index >= 15 is 0 Å². The number of carbonyl (C=O) groups excluding carboxylic acids is 1. The van der Waals surface area contributed by atoms with Crippen molar-refractivity contribution in [3.05, 3.63) is 103 Å². The first-order valence-electron chi connectivity index (χ1n) is 12.0. The van der Waals surface area contributed by atoms with Crippen molar-refractivity contribution in [1.82, 2.24) is 4.57 Å². The molecular formula is C29H26N2O5S. The fourth-order valence-corrected chi connectivity index (χ4v) is 5.47. The quantitative estimate of drug-likeness (QED) is 0.349. The normalized spacial score (nSPS) is 15.1. The zero-order valence-electron chi connectivity index (χ0n) is 20.8. The number of rotatable bonds is 7. The molecule has 188 valence electrons. The molecule has 0 saturated heterocycles. The zero-order valence-corrected chi connectivity index (χ0v) is 21.6. The Kier molecular flexibility index (Phi) is 6.92. The molecule has 2 heterocycles. The van der Waals surface area contributed by atoms with Gasteiger partial charge >= 0.3 is 5.97 Å². The molecular weight excluding hydrogens is 488 g/mol. The molecule has 0 aliphatic carbocycles. The molecule has 0 unspecified atom stereocenters. The van der Waals surface area contributed by atoms with Crippen molar-refractivity contribution >= 4 is 34.2 Å². The van der Waals surface area contributed by atoms with Gasteiger partial charge in [-0.1, -0.05) is 59.9 Å². The number of esters is 1. The molecule has 1 aromatic heterocycles. The standard InChI is InChI=1S/C29H26N2O5S/c1-4-35-23-14-13-20(15-24(23)36-5-2)26-22(28(33)34-3)17-30-29-31(26)27(32)25(37-29)16-19-11-8-10-18-9-6-7-12-21(18)19/h6-17,26H,4-5H2,1-3H3/b25-16+/t26-/m0/s1. The highest BCUT2D eigenvalue weighted by Gasteiger charge is 2.31. The van der Waals surface area contributed by atoms with E-state index < -0.39 is 12.0 Å². The summed E-state index contributed by atoms with van der Waals surface area (Å²) in [6, 6.07) is 18.7. The molecule has 1 aliphatic rings. The van der Waals surface area contributed by atoms with Crippen LogP contribution in [0.5, 0.6) is 11.5 Å². The number of benzene rings is 3. The van der Waals surface area contributed by atoms with Gasteiger partial charge in [-0.2, -0.15) is 0 Å². The lowest BCUT2D eigenvalue weighted by molar-refractivity contribution is -0.136. The van der Waals surface area contributed by atoms with Crippen LogP contribution in [0.15, 0.2) is 82.2 Å². The molecule has 0 amide bonds. The minimum Gasteiger partial charge on any atom is -0.490 e. The second-order valence-electron chi connectivity index (χ2n) is 8.32. The molecule has 0 fully saturated rings. The maximum atomic E-state index is 13.8. The number of aromatic nitrogens is 1. The van der Waals surface area contributed by atoms with Crippen LogP contribution in [0.1, 0.15) is 31.0 Å². The van der Waals surface area contributed by atoms with Crippen LogP contribution in [-0.4, -0.2) is 30.9 Å². The van der Waals surface area contributed by atoms with Crippen LogP contribution in [0.3, 0.4) is 0 Å². The van der Waals surface area contributed by atoms with Crippen molar-refractivity contribution in [2.45, 2.75) is 19.9 Å². The fraction of sp³-hybridized carbons (Fsp3) is 0.207. The average Bonchev–Trinajstić information content (AvgIpc) is 3.24. The molecule has 3 aromatic carbocycles. The van der Waals surface area contributed by atoms with Crippen LogP contribution in [0, 0.1) is 0 Å². The highest BCUT2D eigenvalue weighted by atomic mass is 32.1. The van der Waals surface area contributed by atoms with Gasteiger partial charge in [0.05, 0.1) is 36.5 Å². The third-order valence-electron chi connectivity index (χ3n) is 6.12. The number of carbonyl (C=O) groups is 1. The van der Waals surface area contributed by atoms with Gasteiger partial charge in [-0.3, -0.25) is 9.36 Å². The average molecular weight is 515 g/mol. The van der Waals surface area contributed by atoms with E-state index in [0.717, 1.165) is 16.3 Å². The molecule has 0 radical (unpaired) electrons. The summed E-state index contributed by atoms with van der Waals surface area (Å²) in [6.45, 7) is 4.71. The van der Waals surface area contributed by atoms with Gasteiger partial charge in [-0.25, -0.2) is 9.79 Å². The molecule has 0 N–H and O–H groups in total. The number of hydrogen-bond acceptors (Lipinski definition) is 7. The molecule has 5 rings (SSSR count). The highest BCUT2D eigenvalue weighted by Crippen LogP contribution is 2.35. The number of thiazole rings is 1. The van der Waals surface area contributed by atoms with Crippen LogP contribution < -0.4 is 24.4 Å². The van der Waals surface area contributed by atoms with Gasteiger partial charge < -0.3 is 14.2 Å². The summed E-state index contributed by atoms with van der Waals surface area (Å²) >= 11 is 1.29. The van der Waals surface area contributed by atoms with E-state index in [0.29, 0.717) is 39.6 Å². The van der Waals surface area contributed by atoms with Crippen molar-refractivity contribution < 1.29 is 19.0 Å². The van der Waals surface area contributed by atoms with Crippen LogP contribution >= 0.6 is 11.3 Å². The first-order chi connectivity index (χ1) is 18.0. The van der Waals surface area contributed by atoms with Gasteiger partial charge in [0.2, 0.25) is 0 Å². The van der Waals surface area contributed by atoms with Gasteiger partial charge in [-0.05, 0) is 54.0 Å². The number of methoxy groups -OCH3 is 1. The van der Waals surface area contributed by atoms with Crippen LogP contribution in [0.25, 0.3) is 16.8 Å². The third-order valence-corrected chi connectivity index (χ3v) is 7.12. The van der Waals surface area contributed by atoms with Gasteiger partial charge in [0.25, 0.3) is 5.56 Å². The van der Waals surface area contributed by atoms with Crippen LogP contribution in [0.2, 0.25) is 0 Å². The molecule has 0 saturated carbocycles. The van der Waals surface area contributed by atoms with Gasteiger partial charge in [-0.15, -0.1) is 0 Å². The predicted octanol–water partition coefficient (Wildman–Crippen LogP) is 3.97. The van der Waals surface area contributed by atoms with Crippen molar-refractivity contribution in [3.8, 4) is 11.5 Å². The highest BCUT2D eigenvalue weighted by molar-refractivity contribution is 7.07. The fourth-order valence-electron chi connectivity index (χ4n) is 4.50. The molecule has 1 atom stereocenters. The monoisotopic (exact) mass is 514 g/mol. The van der Waals surface area contributed by atoms with Crippen molar-refractivity contribution in [3.63, 3.8) is 0 Å². The number of hydrogen-bond donors (Lipinski definition) is 0. The largest absolute Gasteiger partial charge is 0.490 e. The lowest BCUT2D eigenvalue weighted by atomic mass is 9.97. The summed E-state index contributed by atoms with van der Waals surface area (Å²) in [5.41, 5.74) is 1.66. The number of nitrogens with zero attached hydrogens (tertiary/aromatic N) is 2. The summed E-state index contributed by atoms with van der Waals surface area (Å²) < 4.78 is 18.6. The van der Waals surface area contributed by atoms with Crippen molar-refractivity contribution in [2.75, 3.05) is 20.3 Å². The number of ether oxygens (including phenoxy) is 3. The minimum absolute atomic E-state index is 0.233. The van der Waals surface area contributed by atoms with E-state index in [1.807, 2.05) is 74.5 Å². The van der Waals surface area contributed by atoms with E-state index in [1.165, 1.54) is 24.6 Å². The molecule has 7 nitrogen and oxygen atoms in total. The predicted molar refractivity (Wildman–Crippen MR) is 144 cm³/mol. The number of fused-ring (bicyclic) bond motifs is 2. The molecule has 0 bridgehead atoms. The Bertz CT molecular complexity index is 1690. The second-order valence-corrected chi connectivity index (χ2v) is 9.33. The van der Waals surface area contributed by atoms with Gasteiger partial charge in [0, 0.05) is 6.20 Å². The maximum absolute atomic E-state index is 13.8. The van der Waals surface area contributed by atoms with Gasteiger partial charge in [0.15, 0.2) is 16.3 Å². The van der Waals surface area contributed by atoms with E-state index in [4.69, 9.17) is 14.2 Å². The van der Waals surface area contributed by atoms with E-state index in [1.54, 1.807) is 10.6 Å². The van der Waals surface area contributed by atoms with Gasteiger partial charge in [0.1, 0.15) is 0 Å². The Balaban J connectivity index is 1.70. The summed E-state index contributed by atoms with van der Waals surface area (Å²) in [6.07, 6.45) is 3.37. The maximum Gasteiger partial charge on any atom is 0.337 e. The Morgan fingerprint density at radius 3 is 2.57 bits per heavy atom. The minimum atomic E-state index is -0.728.